The molecule has 10 heteroatoms. The van der Waals surface area contributed by atoms with E-state index in [0.717, 1.165) is 27.4 Å². The van der Waals surface area contributed by atoms with E-state index >= 15 is 0 Å². The standard InChI is InChI=1S/C16H17FN2O5S2/c1-19(2)26(22,23)12-5-6-14(17)13(8-12)16(21)24-10-15(20)18-9-11-4-3-7-25-11/h3-8H,9-10H2,1-2H3,(H,18,20). The Morgan fingerprint density at radius 2 is 2.00 bits per heavy atom. The summed E-state index contributed by atoms with van der Waals surface area (Å²) in [6, 6.07) is 6.47. The molecule has 26 heavy (non-hydrogen) atoms. The first-order chi connectivity index (χ1) is 12.2. The summed E-state index contributed by atoms with van der Waals surface area (Å²) >= 11 is 1.46. The van der Waals surface area contributed by atoms with Gasteiger partial charge in [0.2, 0.25) is 10.0 Å². The van der Waals surface area contributed by atoms with Gasteiger partial charge in [-0.15, -0.1) is 11.3 Å². The number of nitrogens with one attached hydrogen (secondary N) is 1. The van der Waals surface area contributed by atoms with Crippen molar-refractivity contribution in [2.24, 2.45) is 0 Å². The molecule has 0 aliphatic heterocycles. The maximum Gasteiger partial charge on any atom is 0.341 e. The maximum atomic E-state index is 13.9. The van der Waals surface area contributed by atoms with E-state index in [1.807, 2.05) is 17.5 Å². The summed E-state index contributed by atoms with van der Waals surface area (Å²) in [6.07, 6.45) is 0. The molecule has 1 amide bonds. The van der Waals surface area contributed by atoms with Crippen molar-refractivity contribution >= 4 is 33.2 Å². The third kappa shape index (κ3) is 4.87. The van der Waals surface area contributed by atoms with Crippen LogP contribution >= 0.6 is 11.3 Å². The summed E-state index contributed by atoms with van der Waals surface area (Å²) in [5.74, 6) is -2.61. The smallest absolute Gasteiger partial charge is 0.341 e. The van der Waals surface area contributed by atoms with E-state index in [2.05, 4.69) is 5.32 Å². The number of carbonyl (C=O) groups excluding carboxylic acids is 2. The van der Waals surface area contributed by atoms with Gasteiger partial charge in [-0.2, -0.15) is 0 Å². The lowest BCUT2D eigenvalue weighted by Gasteiger charge is -2.12. The van der Waals surface area contributed by atoms with Crippen LogP contribution in [-0.4, -0.2) is 45.3 Å². The van der Waals surface area contributed by atoms with Crippen molar-refractivity contribution in [1.29, 1.82) is 0 Å². The molecule has 1 N–H and O–H groups in total. The molecule has 0 bridgehead atoms. The van der Waals surface area contributed by atoms with Gasteiger partial charge in [-0.3, -0.25) is 4.79 Å². The summed E-state index contributed by atoms with van der Waals surface area (Å²) in [4.78, 5) is 24.4. The van der Waals surface area contributed by atoms with E-state index in [9.17, 15) is 22.4 Å². The Morgan fingerprint density at radius 1 is 1.27 bits per heavy atom. The number of sulfonamides is 1. The second kappa shape index (κ2) is 8.39. The summed E-state index contributed by atoms with van der Waals surface area (Å²) in [7, 11) is -1.21. The fourth-order valence-electron chi connectivity index (χ4n) is 1.89. The monoisotopic (exact) mass is 400 g/mol. The van der Waals surface area contributed by atoms with Crippen LogP contribution in [0.15, 0.2) is 40.6 Å². The lowest BCUT2D eigenvalue weighted by molar-refractivity contribution is -0.124. The SMILES string of the molecule is CN(C)S(=O)(=O)c1ccc(F)c(C(=O)OCC(=O)NCc2cccs2)c1. The Bertz CT molecular complexity index is 895. The first-order valence-corrected chi connectivity index (χ1v) is 9.72. The average Bonchev–Trinajstić information content (AvgIpc) is 3.11. The lowest BCUT2D eigenvalue weighted by atomic mass is 10.2. The molecule has 0 atom stereocenters. The maximum absolute atomic E-state index is 13.9. The molecule has 0 saturated heterocycles. The molecule has 1 aromatic carbocycles. The van der Waals surface area contributed by atoms with Crippen molar-refractivity contribution in [3.05, 3.63) is 52.0 Å². The van der Waals surface area contributed by atoms with Crippen LogP contribution in [0.3, 0.4) is 0 Å². The highest BCUT2D eigenvalue weighted by Gasteiger charge is 2.22. The number of hydrogen-bond acceptors (Lipinski definition) is 6. The van der Waals surface area contributed by atoms with Crippen LogP contribution in [0.5, 0.6) is 0 Å². The molecule has 2 rings (SSSR count). The molecule has 7 nitrogen and oxygen atoms in total. The molecule has 1 heterocycles. The number of carbonyl (C=O) groups is 2. The highest BCUT2D eigenvalue weighted by molar-refractivity contribution is 7.89. The Morgan fingerprint density at radius 3 is 2.62 bits per heavy atom. The van der Waals surface area contributed by atoms with Gasteiger partial charge >= 0.3 is 5.97 Å². The topological polar surface area (TPSA) is 92.8 Å². The number of hydrogen-bond donors (Lipinski definition) is 1. The minimum Gasteiger partial charge on any atom is -0.452 e. The Balaban J connectivity index is 2.01. The van der Waals surface area contributed by atoms with Crippen molar-refractivity contribution in [3.8, 4) is 0 Å². The Hall–Kier alpha value is -2.30. The Kier molecular flexibility index (Phi) is 6.46. The summed E-state index contributed by atoms with van der Waals surface area (Å²) in [5.41, 5.74) is -0.556. The molecule has 2 aromatic rings. The third-order valence-corrected chi connectivity index (χ3v) is 6.00. The fraction of sp³-hybridized carbons (Fsp3) is 0.250. The molecule has 0 aliphatic carbocycles. The lowest BCUT2D eigenvalue weighted by Crippen LogP contribution is -2.28. The molecule has 0 saturated carbocycles. The number of ether oxygens (including phenoxy) is 1. The first kappa shape index (κ1) is 20.0. The number of nitrogens with zero attached hydrogens (tertiary/aromatic N) is 1. The van der Waals surface area contributed by atoms with E-state index in [4.69, 9.17) is 4.74 Å². The first-order valence-electron chi connectivity index (χ1n) is 7.40. The predicted octanol–water partition coefficient (Wildman–Crippen LogP) is 1.61. The molecule has 0 spiro atoms. The van der Waals surface area contributed by atoms with Crippen molar-refractivity contribution in [3.63, 3.8) is 0 Å². The molecule has 0 radical (unpaired) electrons. The zero-order valence-electron chi connectivity index (χ0n) is 14.1. The highest BCUT2D eigenvalue weighted by atomic mass is 32.2. The van der Waals surface area contributed by atoms with E-state index < -0.39 is 39.9 Å². The molecule has 0 aliphatic rings. The number of thiophene rings is 1. The van der Waals surface area contributed by atoms with E-state index in [1.54, 1.807) is 0 Å². The van der Waals surface area contributed by atoms with Crippen LogP contribution in [0.4, 0.5) is 4.39 Å². The van der Waals surface area contributed by atoms with Crippen LogP contribution < -0.4 is 5.32 Å². The average molecular weight is 400 g/mol. The van der Waals surface area contributed by atoms with E-state index in [1.165, 1.54) is 25.4 Å². The van der Waals surface area contributed by atoms with Crippen LogP contribution in [-0.2, 0) is 26.1 Å². The predicted molar refractivity (Wildman–Crippen MR) is 93.7 cm³/mol. The normalized spacial score (nSPS) is 11.4. The molecule has 1 aromatic heterocycles. The number of amides is 1. The number of esters is 1. The molecular weight excluding hydrogens is 383 g/mol. The second-order valence-electron chi connectivity index (χ2n) is 5.36. The van der Waals surface area contributed by atoms with Crippen molar-refractivity contribution in [1.82, 2.24) is 9.62 Å². The fourth-order valence-corrected chi connectivity index (χ4v) is 3.46. The van der Waals surface area contributed by atoms with Crippen LogP contribution in [0.2, 0.25) is 0 Å². The van der Waals surface area contributed by atoms with Gasteiger partial charge < -0.3 is 10.1 Å². The minimum absolute atomic E-state index is 0.252. The molecule has 0 fully saturated rings. The van der Waals surface area contributed by atoms with Gasteiger partial charge in [-0.25, -0.2) is 21.9 Å². The quantitative estimate of drug-likeness (QED) is 0.713. The van der Waals surface area contributed by atoms with Crippen LogP contribution in [0.1, 0.15) is 15.2 Å². The molecular formula is C16H17FN2O5S2. The number of halogens is 1. The Labute approximate surface area is 154 Å². The summed E-state index contributed by atoms with van der Waals surface area (Å²) in [6.45, 7) is -0.312. The van der Waals surface area contributed by atoms with Gasteiger partial charge in [0, 0.05) is 19.0 Å². The van der Waals surface area contributed by atoms with Gasteiger partial charge in [0.1, 0.15) is 5.82 Å². The van der Waals surface area contributed by atoms with Crippen molar-refractivity contribution < 1.29 is 27.1 Å². The summed E-state index contributed by atoms with van der Waals surface area (Å²) in [5, 5.41) is 4.42. The second-order valence-corrected chi connectivity index (χ2v) is 8.55. The summed E-state index contributed by atoms with van der Waals surface area (Å²) < 4.78 is 43.7. The van der Waals surface area contributed by atoms with Gasteiger partial charge in [0.15, 0.2) is 6.61 Å². The van der Waals surface area contributed by atoms with Gasteiger partial charge in [-0.05, 0) is 29.6 Å². The van der Waals surface area contributed by atoms with Gasteiger partial charge in [0.25, 0.3) is 5.91 Å². The largest absolute Gasteiger partial charge is 0.452 e. The third-order valence-electron chi connectivity index (χ3n) is 3.31. The minimum atomic E-state index is -3.83. The zero-order chi connectivity index (χ0) is 19.3. The highest BCUT2D eigenvalue weighted by Crippen LogP contribution is 2.18. The van der Waals surface area contributed by atoms with Gasteiger partial charge in [0.05, 0.1) is 17.0 Å². The van der Waals surface area contributed by atoms with Crippen LogP contribution in [0.25, 0.3) is 0 Å². The number of rotatable bonds is 7. The van der Waals surface area contributed by atoms with Crippen LogP contribution in [0, 0.1) is 5.82 Å². The van der Waals surface area contributed by atoms with E-state index in [0.29, 0.717) is 6.54 Å². The van der Waals surface area contributed by atoms with E-state index in [-0.39, 0.29) is 4.90 Å². The zero-order valence-corrected chi connectivity index (χ0v) is 15.7. The molecule has 140 valence electrons. The molecule has 0 unspecified atom stereocenters. The van der Waals surface area contributed by atoms with Gasteiger partial charge in [-0.1, -0.05) is 6.07 Å². The number of benzene rings is 1. The van der Waals surface area contributed by atoms with Crippen molar-refractivity contribution in [2.45, 2.75) is 11.4 Å². The van der Waals surface area contributed by atoms with Crippen molar-refractivity contribution in [2.75, 3.05) is 20.7 Å².